The van der Waals surface area contributed by atoms with Crippen LogP contribution in [0.15, 0.2) is 77.3 Å². The number of Topliss-reactive ketones (excluding diaryl/α,β-unsaturated/α-hetero) is 1. The van der Waals surface area contributed by atoms with Crippen LogP contribution in [0.4, 0.5) is 5.69 Å². The van der Waals surface area contributed by atoms with Crippen molar-refractivity contribution in [1.82, 2.24) is 0 Å². The molecule has 0 saturated heterocycles. The second-order valence-corrected chi connectivity index (χ2v) is 6.88. The molecule has 3 aromatic rings. The van der Waals surface area contributed by atoms with Crippen LogP contribution in [-0.2, 0) is 0 Å². The molecule has 124 valence electrons. The monoisotopic (exact) mass is 393 g/mol. The zero-order chi connectivity index (χ0) is 17.2. The summed E-state index contributed by atoms with van der Waals surface area (Å²) >= 11 is 3.40. The minimum atomic E-state index is -0.143. The number of ketones is 1. The van der Waals surface area contributed by atoms with E-state index in [1.54, 1.807) is 0 Å². The Labute approximate surface area is 154 Å². The molecule has 4 rings (SSSR count). The number of para-hydroxylation sites is 3. The van der Waals surface area contributed by atoms with Crippen LogP contribution in [0.1, 0.15) is 28.4 Å². The molecule has 0 radical (unpaired) electrons. The second-order valence-electron chi connectivity index (χ2n) is 5.97. The molecule has 0 fully saturated rings. The summed E-state index contributed by atoms with van der Waals surface area (Å²) in [7, 11) is 0. The first-order chi connectivity index (χ1) is 12.2. The van der Waals surface area contributed by atoms with Crippen LogP contribution in [0, 0.1) is 0 Å². The van der Waals surface area contributed by atoms with Gasteiger partial charge in [-0.3, -0.25) is 4.79 Å². The van der Waals surface area contributed by atoms with Gasteiger partial charge in [-0.15, -0.1) is 0 Å². The lowest BCUT2D eigenvalue weighted by atomic mass is 9.97. The van der Waals surface area contributed by atoms with Crippen molar-refractivity contribution in [3.8, 4) is 11.5 Å². The highest BCUT2D eigenvalue weighted by Gasteiger charge is 2.24. The van der Waals surface area contributed by atoms with E-state index in [0.29, 0.717) is 12.0 Å². The maximum atomic E-state index is 12.8. The van der Waals surface area contributed by atoms with Crippen molar-refractivity contribution in [3.05, 3.63) is 88.4 Å². The lowest BCUT2D eigenvalue weighted by molar-refractivity contribution is 0.0976. The molecule has 3 aromatic carbocycles. The first-order valence-electron chi connectivity index (χ1n) is 8.12. The Morgan fingerprint density at radius 3 is 2.40 bits per heavy atom. The van der Waals surface area contributed by atoms with E-state index in [0.717, 1.165) is 27.2 Å². The molecular formula is C21H16BrNO2. The molecule has 0 amide bonds. The van der Waals surface area contributed by atoms with E-state index in [1.165, 1.54) is 0 Å². The summed E-state index contributed by atoms with van der Waals surface area (Å²) in [6.45, 7) is 0. The number of benzene rings is 3. The summed E-state index contributed by atoms with van der Waals surface area (Å²) in [6, 6.07) is 23.0. The predicted octanol–water partition coefficient (Wildman–Crippen LogP) is 5.98. The van der Waals surface area contributed by atoms with Gasteiger partial charge in [-0.2, -0.15) is 0 Å². The molecule has 1 heterocycles. The third-order valence-corrected chi connectivity index (χ3v) is 4.82. The van der Waals surface area contributed by atoms with Crippen LogP contribution in [-0.4, -0.2) is 5.78 Å². The molecule has 4 heteroatoms. The first-order valence-corrected chi connectivity index (χ1v) is 8.91. The molecule has 1 N–H and O–H groups in total. The quantitative estimate of drug-likeness (QED) is 0.556. The number of halogens is 1. The fourth-order valence-corrected chi connectivity index (χ4v) is 3.28. The Morgan fingerprint density at radius 2 is 1.60 bits per heavy atom. The Kier molecular flexibility index (Phi) is 4.28. The molecule has 0 bridgehead atoms. The zero-order valence-corrected chi connectivity index (χ0v) is 15.0. The molecular weight excluding hydrogens is 378 g/mol. The third-order valence-electron chi connectivity index (χ3n) is 4.29. The van der Waals surface area contributed by atoms with Gasteiger partial charge in [0.2, 0.25) is 0 Å². The topological polar surface area (TPSA) is 38.3 Å². The fourth-order valence-electron chi connectivity index (χ4n) is 3.02. The summed E-state index contributed by atoms with van der Waals surface area (Å²) in [5, 5.41) is 3.47. The molecule has 0 spiro atoms. The summed E-state index contributed by atoms with van der Waals surface area (Å²) in [4.78, 5) is 12.8. The summed E-state index contributed by atoms with van der Waals surface area (Å²) in [5.41, 5.74) is 2.59. The maximum absolute atomic E-state index is 12.8. The lowest BCUT2D eigenvalue weighted by Gasteiger charge is -2.18. The zero-order valence-electron chi connectivity index (χ0n) is 13.4. The molecule has 0 aliphatic carbocycles. The van der Waals surface area contributed by atoms with Gasteiger partial charge in [-0.05, 0) is 30.3 Å². The third kappa shape index (κ3) is 3.30. The summed E-state index contributed by atoms with van der Waals surface area (Å²) in [5.74, 6) is 1.65. The van der Waals surface area contributed by atoms with Crippen LogP contribution in [0.5, 0.6) is 11.5 Å². The molecule has 0 aromatic heterocycles. The van der Waals surface area contributed by atoms with Gasteiger partial charge in [0, 0.05) is 22.0 Å². The van der Waals surface area contributed by atoms with E-state index < -0.39 is 0 Å². The number of carbonyl (C=O) groups excluding carboxylic acids is 1. The van der Waals surface area contributed by atoms with Crippen LogP contribution < -0.4 is 10.1 Å². The molecule has 1 atom stereocenters. The minimum Gasteiger partial charge on any atom is -0.455 e. The van der Waals surface area contributed by atoms with Crippen LogP contribution in [0.25, 0.3) is 0 Å². The molecule has 1 unspecified atom stereocenters. The maximum Gasteiger partial charge on any atom is 0.165 e. The Bertz CT molecular complexity index is 921. The standard InChI is InChI=1S/C21H16BrNO2/c22-15-11-9-14(10-12-15)19(24)13-18-16-5-1-3-7-20(16)25-21-8-4-2-6-17(21)23-18/h1-12,18,23H,13H2. The molecule has 25 heavy (non-hydrogen) atoms. The number of ether oxygens (including phenoxy) is 1. The number of anilines is 1. The highest BCUT2D eigenvalue weighted by molar-refractivity contribution is 9.10. The largest absolute Gasteiger partial charge is 0.455 e. The Hall–Kier alpha value is -2.59. The van der Waals surface area contributed by atoms with Gasteiger partial charge >= 0.3 is 0 Å². The van der Waals surface area contributed by atoms with Crippen LogP contribution in [0.2, 0.25) is 0 Å². The number of nitrogens with one attached hydrogen (secondary N) is 1. The summed E-state index contributed by atoms with van der Waals surface area (Å²) in [6.07, 6.45) is 0.357. The van der Waals surface area contributed by atoms with Gasteiger partial charge in [0.25, 0.3) is 0 Å². The van der Waals surface area contributed by atoms with Crippen molar-refractivity contribution in [2.45, 2.75) is 12.5 Å². The van der Waals surface area contributed by atoms with Crippen molar-refractivity contribution < 1.29 is 9.53 Å². The number of hydrogen-bond acceptors (Lipinski definition) is 3. The van der Waals surface area contributed by atoms with Crippen molar-refractivity contribution >= 4 is 27.4 Å². The van der Waals surface area contributed by atoms with Crippen molar-refractivity contribution in [2.75, 3.05) is 5.32 Å². The average Bonchev–Trinajstić information content (AvgIpc) is 2.79. The highest BCUT2D eigenvalue weighted by atomic mass is 79.9. The van der Waals surface area contributed by atoms with E-state index in [4.69, 9.17) is 4.74 Å². The molecule has 3 nitrogen and oxygen atoms in total. The van der Waals surface area contributed by atoms with Crippen molar-refractivity contribution in [2.24, 2.45) is 0 Å². The average molecular weight is 394 g/mol. The smallest absolute Gasteiger partial charge is 0.165 e. The van der Waals surface area contributed by atoms with Gasteiger partial charge in [-0.1, -0.05) is 58.4 Å². The van der Waals surface area contributed by atoms with E-state index >= 15 is 0 Å². The first kappa shape index (κ1) is 15.9. The second kappa shape index (κ2) is 6.73. The van der Waals surface area contributed by atoms with Gasteiger partial charge in [0.05, 0.1) is 11.7 Å². The molecule has 1 aliphatic heterocycles. The van der Waals surface area contributed by atoms with E-state index in [2.05, 4.69) is 21.2 Å². The van der Waals surface area contributed by atoms with E-state index in [-0.39, 0.29) is 11.8 Å². The number of fused-ring (bicyclic) bond motifs is 2. The van der Waals surface area contributed by atoms with Gasteiger partial charge in [0.1, 0.15) is 5.75 Å². The SMILES string of the molecule is O=C(CC1Nc2ccccc2Oc2ccccc21)c1ccc(Br)cc1. The van der Waals surface area contributed by atoms with Gasteiger partial charge in [0.15, 0.2) is 11.5 Å². The lowest BCUT2D eigenvalue weighted by Crippen LogP contribution is -2.15. The predicted molar refractivity (Wildman–Crippen MR) is 102 cm³/mol. The van der Waals surface area contributed by atoms with Crippen molar-refractivity contribution in [3.63, 3.8) is 0 Å². The van der Waals surface area contributed by atoms with Gasteiger partial charge in [-0.25, -0.2) is 0 Å². The van der Waals surface area contributed by atoms with Crippen molar-refractivity contribution in [1.29, 1.82) is 0 Å². The Morgan fingerprint density at radius 1 is 0.920 bits per heavy atom. The fraction of sp³-hybridized carbons (Fsp3) is 0.0952. The normalized spacial score (nSPS) is 15.2. The molecule has 0 saturated carbocycles. The number of carbonyl (C=O) groups is 1. The highest BCUT2D eigenvalue weighted by Crippen LogP contribution is 2.41. The minimum absolute atomic E-state index is 0.0965. The Balaban J connectivity index is 1.68. The number of rotatable bonds is 3. The number of hydrogen-bond donors (Lipinski definition) is 1. The van der Waals surface area contributed by atoms with Crippen LogP contribution >= 0.6 is 15.9 Å². The van der Waals surface area contributed by atoms with Gasteiger partial charge < -0.3 is 10.1 Å². The molecule has 1 aliphatic rings. The van der Waals surface area contributed by atoms with E-state index in [1.807, 2.05) is 72.8 Å². The summed E-state index contributed by atoms with van der Waals surface area (Å²) < 4.78 is 7.02. The van der Waals surface area contributed by atoms with E-state index in [9.17, 15) is 4.79 Å². The van der Waals surface area contributed by atoms with Crippen LogP contribution in [0.3, 0.4) is 0 Å².